The van der Waals surface area contributed by atoms with Gasteiger partial charge in [-0.15, -0.1) is 0 Å². The SMILES string of the molecule is CCN(OC)c1c(Cl)cc(N)cc1Cl. The summed E-state index contributed by atoms with van der Waals surface area (Å²) in [6, 6.07) is 3.29. The van der Waals surface area contributed by atoms with Crippen molar-refractivity contribution >= 4 is 34.6 Å². The van der Waals surface area contributed by atoms with Gasteiger partial charge in [-0.1, -0.05) is 23.2 Å². The molecular formula is C9H12Cl2N2O. The Morgan fingerprint density at radius 2 is 1.86 bits per heavy atom. The molecule has 1 rings (SSSR count). The van der Waals surface area contributed by atoms with Crippen LogP contribution in [0.2, 0.25) is 10.0 Å². The van der Waals surface area contributed by atoms with E-state index in [0.29, 0.717) is 28.0 Å². The molecule has 0 amide bonds. The number of hydrogen-bond donors (Lipinski definition) is 1. The molecule has 1 aromatic carbocycles. The summed E-state index contributed by atoms with van der Waals surface area (Å²) in [6.45, 7) is 2.59. The summed E-state index contributed by atoms with van der Waals surface area (Å²) in [7, 11) is 1.56. The van der Waals surface area contributed by atoms with Crippen molar-refractivity contribution in [3.63, 3.8) is 0 Å². The maximum Gasteiger partial charge on any atom is 0.101 e. The van der Waals surface area contributed by atoms with E-state index in [1.807, 2.05) is 6.92 Å². The Morgan fingerprint density at radius 3 is 2.21 bits per heavy atom. The molecule has 0 aliphatic rings. The molecule has 2 N–H and O–H groups in total. The number of nitrogens with two attached hydrogens (primary N) is 1. The Bertz CT molecular complexity index is 304. The fourth-order valence-corrected chi connectivity index (χ4v) is 1.89. The number of hydrogen-bond acceptors (Lipinski definition) is 3. The monoisotopic (exact) mass is 234 g/mol. The zero-order valence-electron chi connectivity index (χ0n) is 8.05. The fourth-order valence-electron chi connectivity index (χ4n) is 1.20. The molecule has 0 radical (unpaired) electrons. The molecule has 3 nitrogen and oxygen atoms in total. The van der Waals surface area contributed by atoms with E-state index in [1.165, 1.54) is 0 Å². The van der Waals surface area contributed by atoms with Gasteiger partial charge in [0.25, 0.3) is 0 Å². The highest BCUT2D eigenvalue weighted by atomic mass is 35.5. The van der Waals surface area contributed by atoms with Gasteiger partial charge in [-0.3, -0.25) is 9.90 Å². The van der Waals surface area contributed by atoms with Crippen LogP contribution in [0.25, 0.3) is 0 Å². The Kier molecular flexibility index (Phi) is 3.86. The van der Waals surface area contributed by atoms with E-state index >= 15 is 0 Å². The van der Waals surface area contributed by atoms with Gasteiger partial charge in [-0.2, -0.15) is 0 Å². The van der Waals surface area contributed by atoms with Gasteiger partial charge in [0.15, 0.2) is 0 Å². The van der Waals surface area contributed by atoms with E-state index in [4.69, 9.17) is 33.8 Å². The minimum Gasteiger partial charge on any atom is -0.399 e. The molecule has 0 saturated carbocycles. The van der Waals surface area contributed by atoms with Gasteiger partial charge in [0.2, 0.25) is 0 Å². The van der Waals surface area contributed by atoms with Crippen LogP contribution in [0, 0.1) is 0 Å². The van der Waals surface area contributed by atoms with Crippen molar-refractivity contribution in [2.75, 3.05) is 24.5 Å². The maximum absolute atomic E-state index is 6.00. The third kappa shape index (κ3) is 2.23. The van der Waals surface area contributed by atoms with Crippen molar-refractivity contribution in [2.45, 2.75) is 6.92 Å². The van der Waals surface area contributed by atoms with E-state index in [-0.39, 0.29) is 0 Å². The Balaban J connectivity index is 3.19. The van der Waals surface area contributed by atoms with Crippen LogP contribution in [0.4, 0.5) is 11.4 Å². The van der Waals surface area contributed by atoms with Crippen LogP contribution < -0.4 is 10.8 Å². The highest BCUT2D eigenvalue weighted by Crippen LogP contribution is 2.35. The van der Waals surface area contributed by atoms with Crippen molar-refractivity contribution in [3.05, 3.63) is 22.2 Å². The molecule has 1 aromatic rings. The van der Waals surface area contributed by atoms with Crippen LogP contribution in [0.5, 0.6) is 0 Å². The topological polar surface area (TPSA) is 38.5 Å². The van der Waals surface area contributed by atoms with E-state index < -0.39 is 0 Å². The fraction of sp³-hybridized carbons (Fsp3) is 0.333. The van der Waals surface area contributed by atoms with Gasteiger partial charge < -0.3 is 5.73 Å². The Morgan fingerprint density at radius 1 is 1.36 bits per heavy atom. The van der Waals surface area contributed by atoms with Gasteiger partial charge in [-0.25, -0.2) is 0 Å². The zero-order valence-corrected chi connectivity index (χ0v) is 9.56. The second-order valence-corrected chi connectivity index (χ2v) is 3.52. The molecule has 0 aromatic heterocycles. The van der Waals surface area contributed by atoms with E-state index in [0.717, 1.165) is 0 Å². The zero-order chi connectivity index (χ0) is 10.7. The minimum absolute atomic E-state index is 0.485. The summed E-state index contributed by atoms with van der Waals surface area (Å²) < 4.78 is 0. The Labute approximate surface area is 93.3 Å². The predicted molar refractivity (Wildman–Crippen MR) is 60.9 cm³/mol. The van der Waals surface area contributed by atoms with Crippen molar-refractivity contribution in [3.8, 4) is 0 Å². The summed E-state index contributed by atoms with van der Waals surface area (Å²) in [5.74, 6) is 0. The van der Waals surface area contributed by atoms with Crippen LogP contribution in [0.15, 0.2) is 12.1 Å². The Hall–Kier alpha value is -0.640. The largest absolute Gasteiger partial charge is 0.399 e. The number of halogens is 2. The van der Waals surface area contributed by atoms with Crippen molar-refractivity contribution in [2.24, 2.45) is 0 Å². The summed E-state index contributed by atoms with van der Waals surface area (Å²) in [5.41, 5.74) is 6.77. The molecule has 0 heterocycles. The van der Waals surface area contributed by atoms with E-state index in [1.54, 1.807) is 24.3 Å². The molecule has 0 aliphatic heterocycles. The van der Waals surface area contributed by atoms with Gasteiger partial charge >= 0.3 is 0 Å². The van der Waals surface area contributed by atoms with Crippen LogP contribution >= 0.6 is 23.2 Å². The number of nitrogen functional groups attached to an aromatic ring is 1. The highest BCUT2D eigenvalue weighted by molar-refractivity contribution is 6.39. The number of rotatable bonds is 3. The average molecular weight is 235 g/mol. The molecule has 0 bridgehead atoms. The van der Waals surface area contributed by atoms with Crippen LogP contribution in [-0.2, 0) is 4.84 Å². The smallest absolute Gasteiger partial charge is 0.101 e. The summed E-state index contributed by atoms with van der Waals surface area (Å²) in [5, 5.41) is 2.57. The normalized spacial score (nSPS) is 10.3. The van der Waals surface area contributed by atoms with Crippen molar-refractivity contribution < 1.29 is 4.84 Å². The average Bonchev–Trinajstić information content (AvgIpc) is 2.10. The van der Waals surface area contributed by atoms with E-state index in [2.05, 4.69) is 0 Å². The third-order valence-electron chi connectivity index (χ3n) is 1.80. The lowest BCUT2D eigenvalue weighted by Gasteiger charge is -2.22. The molecule has 0 aliphatic carbocycles. The van der Waals surface area contributed by atoms with E-state index in [9.17, 15) is 0 Å². The number of benzene rings is 1. The van der Waals surface area contributed by atoms with Gasteiger partial charge in [0.1, 0.15) is 5.69 Å². The summed E-state index contributed by atoms with van der Waals surface area (Å²) in [6.07, 6.45) is 0. The number of anilines is 2. The molecule has 14 heavy (non-hydrogen) atoms. The quantitative estimate of drug-likeness (QED) is 0.646. The summed E-state index contributed by atoms with van der Waals surface area (Å²) in [4.78, 5) is 5.11. The molecule has 0 spiro atoms. The number of nitrogens with zero attached hydrogens (tertiary/aromatic N) is 1. The first-order valence-corrected chi connectivity index (χ1v) is 4.92. The predicted octanol–water partition coefficient (Wildman–Crippen LogP) is 2.96. The van der Waals surface area contributed by atoms with Gasteiger partial charge in [-0.05, 0) is 19.1 Å². The minimum atomic E-state index is 0.485. The van der Waals surface area contributed by atoms with Crippen LogP contribution in [-0.4, -0.2) is 13.7 Å². The first kappa shape index (κ1) is 11.4. The lowest BCUT2D eigenvalue weighted by molar-refractivity contribution is 0.171. The van der Waals surface area contributed by atoms with Crippen molar-refractivity contribution in [1.29, 1.82) is 0 Å². The lowest BCUT2D eigenvalue weighted by atomic mass is 10.3. The second-order valence-electron chi connectivity index (χ2n) is 2.71. The molecule has 78 valence electrons. The maximum atomic E-state index is 6.00. The molecule has 0 saturated heterocycles. The molecule has 0 fully saturated rings. The van der Waals surface area contributed by atoms with Crippen LogP contribution in [0.3, 0.4) is 0 Å². The van der Waals surface area contributed by atoms with Gasteiger partial charge in [0.05, 0.1) is 17.2 Å². The highest BCUT2D eigenvalue weighted by Gasteiger charge is 2.13. The second kappa shape index (κ2) is 4.73. The van der Waals surface area contributed by atoms with Crippen molar-refractivity contribution in [1.82, 2.24) is 0 Å². The first-order valence-electron chi connectivity index (χ1n) is 4.16. The molecule has 0 atom stereocenters. The van der Waals surface area contributed by atoms with Crippen LogP contribution in [0.1, 0.15) is 6.92 Å². The molecular weight excluding hydrogens is 223 g/mol. The summed E-state index contributed by atoms with van der Waals surface area (Å²) >= 11 is 12.0. The standard InChI is InChI=1S/C9H12Cl2N2O/c1-3-13(14-2)9-7(10)4-6(12)5-8(9)11/h4-5H,3,12H2,1-2H3. The van der Waals surface area contributed by atoms with Gasteiger partial charge in [0, 0.05) is 12.2 Å². The lowest BCUT2D eigenvalue weighted by Crippen LogP contribution is -2.21. The number of hydroxylamine groups is 1. The molecule has 0 unspecified atom stereocenters. The third-order valence-corrected chi connectivity index (χ3v) is 2.37. The first-order chi connectivity index (χ1) is 6.60. The molecule has 5 heteroatoms.